The number of carbonyl (C=O) groups excluding carboxylic acids is 2. The summed E-state index contributed by atoms with van der Waals surface area (Å²) in [5.41, 5.74) is 3.95. The number of ether oxygens (including phenoxy) is 1. The zero-order valence-corrected chi connectivity index (χ0v) is 16.8. The largest absolute Gasteiger partial charge is 0.460 e. The number of hydrogen-bond donors (Lipinski definition) is 1. The van der Waals surface area contributed by atoms with Gasteiger partial charge in [0.15, 0.2) is 0 Å². The maximum absolute atomic E-state index is 12.1. The molecule has 1 amide bonds. The summed E-state index contributed by atoms with van der Waals surface area (Å²) in [7, 11) is 0. The number of anilines is 1. The Kier molecular flexibility index (Phi) is 6.71. The molecule has 1 N–H and O–H groups in total. The first-order valence-electron chi connectivity index (χ1n) is 9.10. The van der Waals surface area contributed by atoms with Crippen LogP contribution in [-0.2, 0) is 20.9 Å². The lowest BCUT2D eigenvalue weighted by Crippen LogP contribution is -2.17. The smallest absolute Gasteiger partial charge is 0.316 e. The van der Waals surface area contributed by atoms with E-state index in [1.54, 1.807) is 0 Å². The van der Waals surface area contributed by atoms with E-state index in [-0.39, 0.29) is 30.0 Å². The van der Waals surface area contributed by atoms with Gasteiger partial charge in [-0.3, -0.25) is 9.59 Å². The molecule has 0 radical (unpaired) electrons. The van der Waals surface area contributed by atoms with Crippen LogP contribution in [0.1, 0.15) is 16.7 Å². The van der Waals surface area contributed by atoms with Gasteiger partial charge in [-0.25, -0.2) is 0 Å². The molecule has 28 heavy (non-hydrogen) atoms. The lowest BCUT2D eigenvalue weighted by atomic mass is 10.1. The van der Waals surface area contributed by atoms with E-state index in [2.05, 4.69) is 5.32 Å². The quantitative estimate of drug-likeness (QED) is 0.582. The van der Waals surface area contributed by atoms with Crippen LogP contribution in [0.3, 0.4) is 0 Å². The number of aryl methyl sites for hydroxylation is 2. The summed E-state index contributed by atoms with van der Waals surface area (Å²) in [5.74, 6) is -0.0991. The predicted molar refractivity (Wildman–Crippen MR) is 116 cm³/mol. The first kappa shape index (κ1) is 20.0. The third-order valence-electron chi connectivity index (χ3n) is 4.38. The van der Waals surface area contributed by atoms with Gasteiger partial charge < -0.3 is 10.1 Å². The van der Waals surface area contributed by atoms with Gasteiger partial charge >= 0.3 is 5.97 Å². The minimum Gasteiger partial charge on any atom is -0.460 e. The molecule has 0 saturated carbocycles. The summed E-state index contributed by atoms with van der Waals surface area (Å²) >= 11 is 1.25. The average Bonchev–Trinajstić information content (AvgIpc) is 2.68. The van der Waals surface area contributed by atoms with Crippen molar-refractivity contribution in [1.29, 1.82) is 0 Å². The summed E-state index contributed by atoms with van der Waals surface area (Å²) in [6, 6.07) is 19.8. The number of carbonyl (C=O) groups is 2. The second-order valence-corrected chi connectivity index (χ2v) is 7.64. The van der Waals surface area contributed by atoms with Gasteiger partial charge in [0.2, 0.25) is 5.91 Å². The number of benzene rings is 3. The Bertz CT molecular complexity index is 995. The Hall–Kier alpha value is -2.79. The number of fused-ring (bicyclic) bond motifs is 1. The van der Waals surface area contributed by atoms with E-state index in [0.29, 0.717) is 0 Å². The van der Waals surface area contributed by atoms with Crippen molar-refractivity contribution < 1.29 is 14.3 Å². The summed E-state index contributed by atoms with van der Waals surface area (Å²) in [6.07, 6.45) is 0. The molecule has 4 nitrogen and oxygen atoms in total. The van der Waals surface area contributed by atoms with Gasteiger partial charge in [-0.15, -0.1) is 11.8 Å². The van der Waals surface area contributed by atoms with Gasteiger partial charge in [0.1, 0.15) is 6.61 Å². The molecule has 0 aliphatic heterocycles. The molecule has 0 aromatic heterocycles. The van der Waals surface area contributed by atoms with Crippen molar-refractivity contribution in [3.8, 4) is 0 Å². The van der Waals surface area contributed by atoms with Crippen LogP contribution in [0, 0.1) is 13.8 Å². The first-order valence-corrected chi connectivity index (χ1v) is 10.3. The average molecular weight is 394 g/mol. The molecular weight excluding hydrogens is 370 g/mol. The van der Waals surface area contributed by atoms with Crippen molar-refractivity contribution in [2.75, 3.05) is 16.8 Å². The molecule has 0 spiro atoms. The fraction of sp³-hybridized carbons (Fsp3) is 0.217. The second kappa shape index (κ2) is 9.42. The molecule has 0 unspecified atom stereocenters. The number of thioether (sulfide) groups is 1. The van der Waals surface area contributed by atoms with E-state index < -0.39 is 0 Å². The van der Waals surface area contributed by atoms with Crippen LogP contribution in [0.15, 0.2) is 60.7 Å². The highest BCUT2D eigenvalue weighted by Gasteiger charge is 2.09. The Morgan fingerprint density at radius 2 is 1.75 bits per heavy atom. The molecule has 0 bridgehead atoms. The maximum atomic E-state index is 12.1. The fourth-order valence-electron chi connectivity index (χ4n) is 2.99. The first-order chi connectivity index (χ1) is 13.5. The molecule has 0 aliphatic rings. The highest BCUT2D eigenvalue weighted by Crippen LogP contribution is 2.19. The van der Waals surface area contributed by atoms with Gasteiger partial charge in [0, 0.05) is 5.69 Å². The monoisotopic (exact) mass is 393 g/mol. The van der Waals surface area contributed by atoms with E-state index in [0.717, 1.165) is 33.2 Å². The van der Waals surface area contributed by atoms with E-state index in [4.69, 9.17) is 4.74 Å². The van der Waals surface area contributed by atoms with Crippen LogP contribution in [0.2, 0.25) is 0 Å². The van der Waals surface area contributed by atoms with Crippen LogP contribution in [-0.4, -0.2) is 23.4 Å². The number of esters is 1. The van der Waals surface area contributed by atoms with E-state index in [9.17, 15) is 9.59 Å². The summed E-state index contributed by atoms with van der Waals surface area (Å²) < 4.78 is 5.38. The zero-order valence-electron chi connectivity index (χ0n) is 16.0. The van der Waals surface area contributed by atoms with Crippen molar-refractivity contribution >= 4 is 40.1 Å². The lowest BCUT2D eigenvalue weighted by Gasteiger charge is -2.09. The molecule has 3 rings (SSSR count). The minimum atomic E-state index is -0.322. The number of amides is 1. The van der Waals surface area contributed by atoms with Gasteiger partial charge in [0.25, 0.3) is 0 Å². The number of rotatable bonds is 7. The third-order valence-corrected chi connectivity index (χ3v) is 5.28. The Balaban J connectivity index is 1.43. The van der Waals surface area contributed by atoms with Crippen LogP contribution in [0.4, 0.5) is 5.69 Å². The molecule has 144 valence electrons. The Morgan fingerprint density at radius 3 is 2.57 bits per heavy atom. The lowest BCUT2D eigenvalue weighted by molar-refractivity contribution is -0.141. The van der Waals surface area contributed by atoms with E-state index in [1.165, 1.54) is 11.8 Å². The highest BCUT2D eigenvalue weighted by molar-refractivity contribution is 8.00. The fourth-order valence-corrected chi connectivity index (χ4v) is 3.60. The number of hydrogen-bond acceptors (Lipinski definition) is 4. The van der Waals surface area contributed by atoms with E-state index >= 15 is 0 Å². The van der Waals surface area contributed by atoms with Crippen LogP contribution in [0.25, 0.3) is 10.8 Å². The molecule has 0 atom stereocenters. The summed E-state index contributed by atoms with van der Waals surface area (Å²) in [6.45, 7) is 4.20. The molecule has 0 fully saturated rings. The van der Waals surface area contributed by atoms with Crippen molar-refractivity contribution in [1.82, 2.24) is 0 Å². The zero-order chi connectivity index (χ0) is 19.9. The molecule has 3 aromatic carbocycles. The Morgan fingerprint density at radius 1 is 0.964 bits per heavy atom. The van der Waals surface area contributed by atoms with Gasteiger partial charge in [-0.05, 0) is 41.8 Å². The van der Waals surface area contributed by atoms with Crippen LogP contribution in [0.5, 0.6) is 0 Å². The summed E-state index contributed by atoms with van der Waals surface area (Å²) in [5, 5.41) is 5.08. The molecular formula is C23H23NO3S. The van der Waals surface area contributed by atoms with Crippen LogP contribution < -0.4 is 5.32 Å². The molecule has 0 saturated heterocycles. The molecule has 0 aliphatic carbocycles. The topological polar surface area (TPSA) is 55.4 Å². The van der Waals surface area contributed by atoms with E-state index in [1.807, 2.05) is 74.5 Å². The number of nitrogens with one attached hydrogen (secondary N) is 1. The Labute approximate surface area is 169 Å². The van der Waals surface area contributed by atoms with Gasteiger partial charge in [0.05, 0.1) is 11.5 Å². The van der Waals surface area contributed by atoms with Gasteiger partial charge in [-0.1, -0.05) is 60.2 Å². The van der Waals surface area contributed by atoms with Crippen molar-refractivity contribution in [2.24, 2.45) is 0 Å². The minimum absolute atomic E-state index is 0.126. The second-order valence-electron chi connectivity index (χ2n) is 6.66. The third kappa shape index (κ3) is 5.36. The maximum Gasteiger partial charge on any atom is 0.316 e. The van der Waals surface area contributed by atoms with Gasteiger partial charge in [-0.2, -0.15) is 0 Å². The molecule has 0 heterocycles. The molecule has 5 heteroatoms. The summed E-state index contributed by atoms with van der Waals surface area (Å²) in [4.78, 5) is 24.1. The van der Waals surface area contributed by atoms with Crippen LogP contribution >= 0.6 is 11.8 Å². The van der Waals surface area contributed by atoms with Crippen molar-refractivity contribution in [2.45, 2.75) is 20.5 Å². The standard InChI is InChI=1S/C23H23NO3S/c1-16-10-11-21(17(2)12-16)24-22(25)14-28-15-23(26)27-13-19-8-5-7-18-6-3-4-9-20(18)19/h3-12H,13-15H2,1-2H3,(H,24,25). The molecule has 3 aromatic rings. The predicted octanol–water partition coefficient (Wildman–Crippen LogP) is 4.87. The van der Waals surface area contributed by atoms with Crippen molar-refractivity contribution in [3.63, 3.8) is 0 Å². The highest BCUT2D eigenvalue weighted by atomic mass is 32.2. The normalized spacial score (nSPS) is 10.6. The SMILES string of the molecule is Cc1ccc(NC(=O)CSCC(=O)OCc2cccc3ccccc23)c(C)c1. The van der Waals surface area contributed by atoms with Crippen molar-refractivity contribution in [3.05, 3.63) is 77.4 Å².